The van der Waals surface area contributed by atoms with E-state index in [9.17, 15) is 0 Å². The third-order valence-electron chi connectivity index (χ3n) is 9.86. The van der Waals surface area contributed by atoms with Gasteiger partial charge in [0.1, 0.15) is 0 Å². The molecule has 4 rings (SSSR count). The van der Waals surface area contributed by atoms with Crippen LogP contribution in [0.15, 0.2) is 0 Å². The van der Waals surface area contributed by atoms with Gasteiger partial charge in [-0.3, -0.25) is 9.80 Å². The van der Waals surface area contributed by atoms with Gasteiger partial charge >= 0.3 is 0 Å². The van der Waals surface area contributed by atoms with E-state index in [4.69, 9.17) is 4.74 Å². The molecule has 1 atom stereocenters. The molecule has 0 bridgehead atoms. The van der Waals surface area contributed by atoms with E-state index in [1.807, 2.05) is 7.11 Å². The molecule has 174 valence electrons. The highest BCUT2D eigenvalue weighted by Crippen LogP contribution is 2.48. The molecule has 2 aliphatic heterocycles. The molecule has 2 spiro atoms. The van der Waals surface area contributed by atoms with E-state index >= 15 is 0 Å². The average Bonchev–Trinajstić information content (AvgIpc) is 2.68. The van der Waals surface area contributed by atoms with E-state index in [0.717, 1.165) is 12.1 Å². The van der Waals surface area contributed by atoms with E-state index in [0.29, 0.717) is 22.5 Å². The number of hydrogen-bond acceptors (Lipinski definition) is 4. The number of nitrogens with zero attached hydrogens (tertiary/aromatic N) is 3. The van der Waals surface area contributed by atoms with Crippen LogP contribution in [0.2, 0.25) is 0 Å². The average molecular weight is 420 g/mol. The van der Waals surface area contributed by atoms with Gasteiger partial charge in [0.15, 0.2) is 0 Å². The molecule has 2 aliphatic carbocycles. The number of likely N-dealkylation sites (tertiary alicyclic amines) is 2. The van der Waals surface area contributed by atoms with E-state index in [1.54, 1.807) is 0 Å². The molecule has 2 heterocycles. The number of hydrogen-bond donors (Lipinski definition) is 0. The van der Waals surface area contributed by atoms with Crippen LogP contribution in [0.25, 0.3) is 0 Å². The van der Waals surface area contributed by atoms with Crippen LogP contribution in [0.4, 0.5) is 0 Å². The van der Waals surface area contributed by atoms with Gasteiger partial charge in [0.25, 0.3) is 0 Å². The zero-order valence-electron chi connectivity index (χ0n) is 20.9. The van der Waals surface area contributed by atoms with Gasteiger partial charge in [-0.15, -0.1) is 0 Å². The lowest BCUT2D eigenvalue weighted by molar-refractivity contribution is -0.102. The fourth-order valence-corrected chi connectivity index (χ4v) is 7.02. The monoisotopic (exact) mass is 419 g/mol. The Bertz CT molecular complexity index is 557. The molecule has 4 nitrogen and oxygen atoms in total. The molecule has 0 aromatic carbocycles. The summed E-state index contributed by atoms with van der Waals surface area (Å²) < 4.78 is 5.58. The first-order valence-electron chi connectivity index (χ1n) is 12.8. The predicted molar refractivity (Wildman–Crippen MR) is 126 cm³/mol. The molecule has 4 heteroatoms. The second-order valence-electron chi connectivity index (χ2n) is 12.6. The second-order valence-corrected chi connectivity index (χ2v) is 12.6. The summed E-state index contributed by atoms with van der Waals surface area (Å²) in [6.45, 7) is 12.9. The highest BCUT2D eigenvalue weighted by atomic mass is 16.5. The minimum atomic E-state index is 0.358. The Morgan fingerprint density at radius 1 is 0.933 bits per heavy atom. The molecule has 0 N–H and O–H groups in total. The Morgan fingerprint density at radius 3 is 2.00 bits per heavy atom. The van der Waals surface area contributed by atoms with Crippen molar-refractivity contribution in [3.63, 3.8) is 0 Å². The van der Waals surface area contributed by atoms with Crippen LogP contribution in [0.5, 0.6) is 0 Å². The highest BCUT2D eigenvalue weighted by Gasteiger charge is 2.50. The molecule has 0 amide bonds. The van der Waals surface area contributed by atoms with Gasteiger partial charge in [-0.1, -0.05) is 0 Å². The van der Waals surface area contributed by atoms with Crippen molar-refractivity contribution in [2.75, 3.05) is 47.4 Å². The lowest BCUT2D eigenvalue weighted by Crippen LogP contribution is -2.65. The van der Waals surface area contributed by atoms with Crippen LogP contribution in [0.1, 0.15) is 85.0 Å². The molecular formula is C26H49N3O. The Labute approximate surface area is 186 Å². The summed E-state index contributed by atoms with van der Waals surface area (Å²) in [5, 5.41) is 0. The summed E-state index contributed by atoms with van der Waals surface area (Å²) in [7, 11) is 6.39. The van der Waals surface area contributed by atoms with Crippen LogP contribution in [-0.2, 0) is 4.74 Å². The van der Waals surface area contributed by atoms with Crippen molar-refractivity contribution in [2.24, 2.45) is 10.8 Å². The smallest absolute Gasteiger partial charge is 0.0571 e. The molecule has 0 aromatic rings. The van der Waals surface area contributed by atoms with E-state index < -0.39 is 0 Å². The summed E-state index contributed by atoms with van der Waals surface area (Å²) in [6, 6.07) is 1.56. The maximum atomic E-state index is 5.58. The molecule has 1 unspecified atom stereocenters. The van der Waals surface area contributed by atoms with Gasteiger partial charge in [0.2, 0.25) is 0 Å². The lowest BCUT2D eigenvalue weighted by Gasteiger charge is -2.60. The minimum Gasteiger partial charge on any atom is -0.381 e. The number of rotatable bonds is 7. The third kappa shape index (κ3) is 4.63. The SMILES string of the molecule is COC1CCC2(CC1)CN(C(C)CCC(C)(C)N1CC3(CCC(N(C)C)CC3)C1)C2. The van der Waals surface area contributed by atoms with Crippen LogP contribution >= 0.6 is 0 Å². The quantitative estimate of drug-likeness (QED) is 0.599. The largest absolute Gasteiger partial charge is 0.381 e. The summed E-state index contributed by atoms with van der Waals surface area (Å²) >= 11 is 0. The first-order chi connectivity index (χ1) is 14.2. The van der Waals surface area contributed by atoms with Crippen LogP contribution in [-0.4, -0.2) is 85.8 Å². The van der Waals surface area contributed by atoms with Gasteiger partial charge < -0.3 is 9.64 Å². The fourth-order valence-electron chi connectivity index (χ4n) is 7.02. The normalized spacial score (nSPS) is 29.3. The molecule has 2 saturated carbocycles. The molecule has 0 aromatic heterocycles. The number of methoxy groups -OCH3 is 1. The summed E-state index contributed by atoms with van der Waals surface area (Å²) in [6.07, 6.45) is 14.2. The summed E-state index contributed by atoms with van der Waals surface area (Å²) in [5.74, 6) is 0. The van der Waals surface area contributed by atoms with Crippen molar-refractivity contribution in [3.8, 4) is 0 Å². The molecule has 30 heavy (non-hydrogen) atoms. The predicted octanol–water partition coefficient (Wildman–Crippen LogP) is 4.63. The number of ether oxygens (including phenoxy) is 1. The van der Waals surface area contributed by atoms with Crippen molar-refractivity contribution >= 4 is 0 Å². The molecule has 4 fully saturated rings. The first kappa shape index (κ1) is 23.0. The van der Waals surface area contributed by atoms with E-state index in [2.05, 4.69) is 49.6 Å². The lowest BCUT2D eigenvalue weighted by atomic mass is 9.65. The Hall–Kier alpha value is -0.160. The Morgan fingerprint density at radius 2 is 1.47 bits per heavy atom. The maximum Gasteiger partial charge on any atom is 0.0571 e. The summed E-state index contributed by atoms with van der Waals surface area (Å²) in [5.41, 5.74) is 1.64. The zero-order chi connectivity index (χ0) is 21.6. The third-order valence-corrected chi connectivity index (χ3v) is 9.86. The molecule has 4 aliphatic rings. The van der Waals surface area contributed by atoms with Gasteiger partial charge in [-0.25, -0.2) is 0 Å². The van der Waals surface area contributed by atoms with E-state index in [-0.39, 0.29) is 0 Å². The van der Waals surface area contributed by atoms with Crippen molar-refractivity contribution < 1.29 is 4.74 Å². The maximum absolute atomic E-state index is 5.58. The van der Waals surface area contributed by atoms with Crippen LogP contribution in [0, 0.1) is 10.8 Å². The fraction of sp³-hybridized carbons (Fsp3) is 1.00. The Kier molecular flexibility index (Phi) is 6.63. The van der Waals surface area contributed by atoms with Crippen molar-refractivity contribution in [3.05, 3.63) is 0 Å². The molecule has 0 radical (unpaired) electrons. The van der Waals surface area contributed by atoms with Crippen molar-refractivity contribution in [1.82, 2.24) is 14.7 Å². The first-order valence-corrected chi connectivity index (χ1v) is 12.8. The highest BCUT2D eigenvalue weighted by molar-refractivity contribution is 5.04. The van der Waals surface area contributed by atoms with Gasteiger partial charge in [-0.2, -0.15) is 0 Å². The topological polar surface area (TPSA) is 19.0 Å². The van der Waals surface area contributed by atoms with Crippen molar-refractivity contribution in [2.45, 2.75) is 109 Å². The van der Waals surface area contributed by atoms with Gasteiger partial charge in [0.05, 0.1) is 6.10 Å². The van der Waals surface area contributed by atoms with Gasteiger partial charge in [0, 0.05) is 50.9 Å². The molecular weight excluding hydrogens is 370 g/mol. The second kappa shape index (κ2) is 8.65. The van der Waals surface area contributed by atoms with Crippen LogP contribution < -0.4 is 0 Å². The zero-order valence-corrected chi connectivity index (χ0v) is 20.9. The Balaban J connectivity index is 1.17. The van der Waals surface area contributed by atoms with Gasteiger partial charge in [-0.05, 0) is 110 Å². The van der Waals surface area contributed by atoms with Crippen molar-refractivity contribution in [1.29, 1.82) is 0 Å². The summed E-state index contributed by atoms with van der Waals surface area (Å²) in [4.78, 5) is 8.01. The van der Waals surface area contributed by atoms with E-state index in [1.165, 1.54) is 90.4 Å². The molecule has 2 saturated heterocycles. The standard InChI is InChI=1S/C26H49N3O/c1-21(28-17-25(18-28)15-10-23(30-6)11-16-25)7-12-24(2,3)29-19-26(20-29)13-8-22(9-14-26)27(4)5/h21-23H,7-20H2,1-6H3. The minimum absolute atomic E-state index is 0.358. The van der Waals surface area contributed by atoms with Crippen LogP contribution in [0.3, 0.4) is 0 Å².